The smallest absolute Gasteiger partial charge is 0.321 e. The van der Waals surface area contributed by atoms with Crippen LogP contribution in [0.15, 0.2) is 85.2 Å². The molecule has 160 valence electrons. The molecule has 3 aromatic carbocycles. The standard InChI is InChI=1S/C25H20ClN3O3/c1-31-22-10-12-23(13-11-22)32-25-28-15-20(16-29-25)18-4-6-19(7-5-18)24(30)27-14-17-2-8-21(26)9-3-17/h2-13,15-16H,14H2,1H3,(H,27,30). The summed E-state index contributed by atoms with van der Waals surface area (Å²) in [6.07, 6.45) is 3.36. The predicted molar refractivity (Wildman–Crippen MR) is 123 cm³/mol. The monoisotopic (exact) mass is 445 g/mol. The molecule has 4 aromatic rings. The number of carbonyl (C=O) groups excluding carboxylic acids is 1. The summed E-state index contributed by atoms with van der Waals surface area (Å²) in [5, 5.41) is 3.57. The van der Waals surface area contributed by atoms with Crippen molar-refractivity contribution in [1.82, 2.24) is 15.3 Å². The van der Waals surface area contributed by atoms with E-state index in [0.29, 0.717) is 22.9 Å². The van der Waals surface area contributed by atoms with Crippen molar-refractivity contribution >= 4 is 17.5 Å². The summed E-state index contributed by atoms with van der Waals surface area (Å²) in [5.74, 6) is 1.22. The van der Waals surface area contributed by atoms with Gasteiger partial charge in [-0.15, -0.1) is 0 Å². The first-order valence-electron chi connectivity index (χ1n) is 9.88. The van der Waals surface area contributed by atoms with Gasteiger partial charge in [-0.05, 0) is 59.7 Å². The first-order chi connectivity index (χ1) is 15.6. The molecular weight excluding hydrogens is 426 g/mol. The number of hydrogen-bond donors (Lipinski definition) is 1. The zero-order valence-electron chi connectivity index (χ0n) is 17.3. The molecule has 0 bridgehead atoms. The Morgan fingerprint density at radius 3 is 2.09 bits per heavy atom. The highest BCUT2D eigenvalue weighted by atomic mass is 35.5. The van der Waals surface area contributed by atoms with E-state index in [1.165, 1.54) is 0 Å². The summed E-state index contributed by atoms with van der Waals surface area (Å²) in [5.41, 5.74) is 3.27. The molecule has 0 aliphatic carbocycles. The van der Waals surface area contributed by atoms with Crippen LogP contribution in [0, 0.1) is 0 Å². The average molecular weight is 446 g/mol. The van der Waals surface area contributed by atoms with Crippen LogP contribution in [0.4, 0.5) is 0 Å². The van der Waals surface area contributed by atoms with Gasteiger partial charge in [0.05, 0.1) is 7.11 Å². The molecule has 0 unspecified atom stereocenters. The molecule has 7 heteroatoms. The zero-order valence-corrected chi connectivity index (χ0v) is 18.0. The summed E-state index contributed by atoms with van der Waals surface area (Å²) < 4.78 is 10.8. The average Bonchev–Trinajstić information content (AvgIpc) is 2.84. The number of hydrogen-bond acceptors (Lipinski definition) is 5. The number of amides is 1. The van der Waals surface area contributed by atoms with Gasteiger partial charge in [-0.2, -0.15) is 0 Å². The van der Waals surface area contributed by atoms with E-state index in [2.05, 4.69) is 15.3 Å². The van der Waals surface area contributed by atoms with E-state index in [4.69, 9.17) is 21.1 Å². The van der Waals surface area contributed by atoms with Crippen molar-refractivity contribution in [3.63, 3.8) is 0 Å². The minimum atomic E-state index is -0.147. The van der Waals surface area contributed by atoms with Crippen LogP contribution in [-0.2, 0) is 6.54 Å². The van der Waals surface area contributed by atoms with Crippen LogP contribution >= 0.6 is 11.6 Å². The molecule has 1 heterocycles. The molecule has 0 spiro atoms. The van der Waals surface area contributed by atoms with Crippen LogP contribution in [-0.4, -0.2) is 23.0 Å². The van der Waals surface area contributed by atoms with Gasteiger partial charge in [-0.25, -0.2) is 9.97 Å². The van der Waals surface area contributed by atoms with E-state index in [1.54, 1.807) is 68.0 Å². The van der Waals surface area contributed by atoms with Gasteiger partial charge in [0.1, 0.15) is 11.5 Å². The minimum Gasteiger partial charge on any atom is -0.497 e. The lowest BCUT2D eigenvalue weighted by molar-refractivity contribution is 0.0951. The van der Waals surface area contributed by atoms with Crippen molar-refractivity contribution in [1.29, 1.82) is 0 Å². The molecule has 0 aliphatic heterocycles. The van der Waals surface area contributed by atoms with Crippen molar-refractivity contribution in [3.05, 3.63) is 101 Å². The fourth-order valence-corrected chi connectivity index (χ4v) is 3.09. The van der Waals surface area contributed by atoms with Gasteiger partial charge in [0.25, 0.3) is 5.91 Å². The third kappa shape index (κ3) is 5.42. The largest absolute Gasteiger partial charge is 0.497 e. The van der Waals surface area contributed by atoms with Gasteiger partial charge in [0, 0.05) is 35.1 Å². The third-order valence-electron chi connectivity index (χ3n) is 4.74. The lowest BCUT2D eigenvalue weighted by Gasteiger charge is -2.08. The lowest BCUT2D eigenvalue weighted by atomic mass is 10.1. The minimum absolute atomic E-state index is 0.147. The van der Waals surface area contributed by atoms with Crippen molar-refractivity contribution < 1.29 is 14.3 Å². The Morgan fingerprint density at radius 2 is 1.47 bits per heavy atom. The van der Waals surface area contributed by atoms with E-state index in [9.17, 15) is 4.79 Å². The van der Waals surface area contributed by atoms with E-state index < -0.39 is 0 Å². The van der Waals surface area contributed by atoms with Crippen molar-refractivity contribution in [2.45, 2.75) is 6.54 Å². The molecule has 0 saturated carbocycles. The molecule has 1 aromatic heterocycles. The van der Waals surface area contributed by atoms with Crippen LogP contribution in [0.3, 0.4) is 0 Å². The quantitative estimate of drug-likeness (QED) is 0.405. The number of ether oxygens (including phenoxy) is 2. The Labute approximate surface area is 190 Å². The van der Waals surface area contributed by atoms with Gasteiger partial charge >= 0.3 is 6.01 Å². The second-order valence-corrected chi connectivity index (χ2v) is 7.35. The van der Waals surface area contributed by atoms with Crippen LogP contribution < -0.4 is 14.8 Å². The van der Waals surface area contributed by atoms with Crippen LogP contribution in [0.1, 0.15) is 15.9 Å². The maximum atomic E-state index is 12.4. The molecule has 1 amide bonds. The number of benzene rings is 3. The number of carbonyl (C=O) groups is 1. The second kappa shape index (κ2) is 9.94. The molecule has 4 rings (SSSR count). The van der Waals surface area contributed by atoms with Gasteiger partial charge in [-0.3, -0.25) is 4.79 Å². The van der Waals surface area contributed by atoms with E-state index >= 15 is 0 Å². The number of rotatable bonds is 7. The fraction of sp³-hybridized carbons (Fsp3) is 0.0800. The highest BCUT2D eigenvalue weighted by Crippen LogP contribution is 2.23. The summed E-state index contributed by atoms with van der Waals surface area (Å²) in [7, 11) is 1.61. The van der Waals surface area contributed by atoms with Crippen molar-refractivity contribution in [2.24, 2.45) is 0 Å². The number of aromatic nitrogens is 2. The SMILES string of the molecule is COc1ccc(Oc2ncc(-c3ccc(C(=O)NCc4ccc(Cl)cc4)cc3)cn2)cc1. The fourth-order valence-electron chi connectivity index (χ4n) is 2.97. The highest BCUT2D eigenvalue weighted by Gasteiger charge is 2.08. The van der Waals surface area contributed by atoms with E-state index in [1.807, 2.05) is 24.3 Å². The first-order valence-corrected chi connectivity index (χ1v) is 10.3. The Kier molecular flexibility index (Phi) is 6.63. The maximum absolute atomic E-state index is 12.4. The van der Waals surface area contributed by atoms with Crippen molar-refractivity contribution in [3.8, 4) is 28.6 Å². The summed E-state index contributed by atoms with van der Waals surface area (Å²) in [4.78, 5) is 20.9. The van der Waals surface area contributed by atoms with Crippen LogP contribution in [0.2, 0.25) is 5.02 Å². The van der Waals surface area contributed by atoms with Gasteiger partial charge < -0.3 is 14.8 Å². The summed E-state index contributed by atoms with van der Waals surface area (Å²) in [6.45, 7) is 0.432. The van der Waals surface area contributed by atoms with Crippen LogP contribution in [0.25, 0.3) is 11.1 Å². The third-order valence-corrected chi connectivity index (χ3v) is 5.00. The van der Waals surface area contributed by atoms with E-state index in [0.717, 1.165) is 22.4 Å². The summed E-state index contributed by atoms with van der Waals surface area (Å²) in [6, 6.07) is 22.1. The lowest BCUT2D eigenvalue weighted by Crippen LogP contribution is -2.22. The molecule has 0 aliphatic rings. The number of methoxy groups -OCH3 is 1. The predicted octanol–water partition coefficient (Wildman–Crippen LogP) is 5.53. The topological polar surface area (TPSA) is 73.3 Å². The normalized spacial score (nSPS) is 10.4. The molecule has 6 nitrogen and oxygen atoms in total. The Morgan fingerprint density at radius 1 is 0.844 bits per heavy atom. The molecule has 32 heavy (non-hydrogen) atoms. The van der Waals surface area contributed by atoms with Crippen molar-refractivity contribution in [2.75, 3.05) is 7.11 Å². The Balaban J connectivity index is 1.36. The van der Waals surface area contributed by atoms with Gasteiger partial charge in [-0.1, -0.05) is 35.9 Å². The first kappa shape index (κ1) is 21.3. The molecule has 0 atom stereocenters. The number of halogens is 1. The zero-order chi connectivity index (χ0) is 22.3. The Bertz CT molecular complexity index is 1180. The molecule has 0 radical (unpaired) electrons. The highest BCUT2D eigenvalue weighted by molar-refractivity contribution is 6.30. The molecular formula is C25H20ClN3O3. The Hall–Kier alpha value is -3.90. The molecule has 1 N–H and O–H groups in total. The van der Waals surface area contributed by atoms with Gasteiger partial charge in [0.15, 0.2) is 0 Å². The number of nitrogens with one attached hydrogen (secondary N) is 1. The number of nitrogens with zero attached hydrogens (tertiary/aromatic N) is 2. The second-order valence-electron chi connectivity index (χ2n) is 6.92. The molecule has 0 saturated heterocycles. The summed E-state index contributed by atoms with van der Waals surface area (Å²) >= 11 is 5.88. The maximum Gasteiger partial charge on any atom is 0.321 e. The van der Waals surface area contributed by atoms with Gasteiger partial charge in [0.2, 0.25) is 0 Å². The van der Waals surface area contributed by atoms with Crippen LogP contribution in [0.5, 0.6) is 17.5 Å². The molecule has 0 fully saturated rings. The van der Waals surface area contributed by atoms with E-state index in [-0.39, 0.29) is 11.9 Å².